The van der Waals surface area contributed by atoms with Crippen LogP contribution in [0.5, 0.6) is 0 Å². The molecule has 0 aliphatic heterocycles. The zero-order valence-electron chi connectivity index (χ0n) is 16.8. The van der Waals surface area contributed by atoms with Crippen LogP contribution in [0.3, 0.4) is 0 Å². The van der Waals surface area contributed by atoms with E-state index >= 15 is 0 Å². The molecule has 8 heteroatoms. The van der Waals surface area contributed by atoms with Crippen molar-refractivity contribution in [2.24, 2.45) is 5.92 Å². The van der Waals surface area contributed by atoms with E-state index in [-0.39, 0.29) is 16.7 Å². The van der Waals surface area contributed by atoms with Gasteiger partial charge in [0.05, 0.1) is 11.4 Å². The molecule has 2 N–H and O–H groups in total. The summed E-state index contributed by atoms with van der Waals surface area (Å²) in [5.74, 6) is -2.12. The predicted molar refractivity (Wildman–Crippen MR) is 110 cm³/mol. The van der Waals surface area contributed by atoms with Crippen molar-refractivity contribution in [2.45, 2.75) is 26.8 Å². The van der Waals surface area contributed by atoms with Gasteiger partial charge >= 0.3 is 6.03 Å². The summed E-state index contributed by atoms with van der Waals surface area (Å²) in [6.07, 6.45) is 1.37. The van der Waals surface area contributed by atoms with Crippen LogP contribution in [0.25, 0.3) is 10.8 Å². The fourth-order valence-electron chi connectivity index (χ4n) is 3.38. The standard InChI is InChI=1S/C22H22F3N3O2/c1-12(2)11-28(22(30)27-16-6-4-14(23)5-7-16)13(3)18-10-26-21(29)20-17(18)8-15(24)9-19(20)25/h4-10,12-13H,11H2,1-3H3,(H,26,29)(H,27,30). The SMILES string of the molecule is CC(C)CN(C(=O)Nc1ccc(F)cc1)C(C)c1c[nH]c(=O)c2c(F)cc(F)cc12. The highest BCUT2D eigenvalue weighted by atomic mass is 19.1. The second-order valence-corrected chi connectivity index (χ2v) is 7.54. The van der Waals surface area contributed by atoms with E-state index in [4.69, 9.17) is 0 Å². The first-order valence-electron chi connectivity index (χ1n) is 9.51. The highest BCUT2D eigenvalue weighted by molar-refractivity contribution is 5.91. The molecule has 30 heavy (non-hydrogen) atoms. The molecule has 3 rings (SSSR count). The van der Waals surface area contributed by atoms with E-state index in [0.29, 0.717) is 23.9 Å². The van der Waals surface area contributed by atoms with Gasteiger partial charge in [-0.05, 0) is 54.1 Å². The van der Waals surface area contributed by atoms with Crippen molar-refractivity contribution in [3.8, 4) is 0 Å². The lowest BCUT2D eigenvalue weighted by Crippen LogP contribution is -2.39. The van der Waals surface area contributed by atoms with Crippen LogP contribution in [0.1, 0.15) is 32.4 Å². The minimum Gasteiger partial charge on any atom is -0.328 e. The van der Waals surface area contributed by atoms with Gasteiger partial charge in [0, 0.05) is 24.5 Å². The number of halogens is 3. The number of benzene rings is 2. The maximum atomic E-state index is 14.3. The van der Waals surface area contributed by atoms with Crippen molar-refractivity contribution in [3.05, 3.63) is 76.0 Å². The van der Waals surface area contributed by atoms with Gasteiger partial charge in [-0.15, -0.1) is 0 Å². The number of nitrogens with zero attached hydrogens (tertiary/aromatic N) is 1. The van der Waals surface area contributed by atoms with Gasteiger partial charge in [0.2, 0.25) is 0 Å². The molecule has 1 atom stereocenters. The minimum absolute atomic E-state index is 0.0916. The third-order valence-corrected chi connectivity index (χ3v) is 4.79. The molecule has 3 aromatic rings. The van der Waals surface area contributed by atoms with Crippen LogP contribution in [0.4, 0.5) is 23.7 Å². The summed E-state index contributed by atoms with van der Waals surface area (Å²) in [4.78, 5) is 29.1. The van der Waals surface area contributed by atoms with Gasteiger partial charge in [-0.3, -0.25) is 4.79 Å². The molecular weight excluding hydrogens is 395 g/mol. The summed E-state index contributed by atoms with van der Waals surface area (Å²) in [7, 11) is 0. The number of urea groups is 1. The van der Waals surface area contributed by atoms with Gasteiger partial charge in [0.25, 0.3) is 5.56 Å². The summed E-state index contributed by atoms with van der Waals surface area (Å²) in [6.45, 7) is 5.90. The number of hydrogen-bond acceptors (Lipinski definition) is 2. The van der Waals surface area contributed by atoms with Crippen molar-refractivity contribution < 1.29 is 18.0 Å². The van der Waals surface area contributed by atoms with E-state index in [1.165, 1.54) is 35.4 Å². The van der Waals surface area contributed by atoms with Gasteiger partial charge in [0.15, 0.2) is 0 Å². The molecule has 0 saturated heterocycles. The second kappa shape index (κ2) is 8.61. The van der Waals surface area contributed by atoms with E-state index in [1.54, 1.807) is 6.92 Å². The molecule has 0 radical (unpaired) electrons. The number of fused-ring (bicyclic) bond motifs is 1. The van der Waals surface area contributed by atoms with Crippen LogP contribution < -0.4 is 10.9 Å². The van der Waals surface area contributed by atoms with Gasteiger partial charge in [-0.2, -0.15) is 0 Å². The molecule has 0 bridgehead atoms. The molecule has 0 aliphatic rings. The average Bonchev–Trinajstić information content (AvgIpc) is 2.67. The summed E-state index contributed by atoms with van der Waals surface area (Å²) in [6, 6.07) is 5.99. The normalized spacial score (nSPS) is 12.2. The first-order chi connectivity index (χ1) is 14.2. The smallest absolute Gasteiger partial charge is 0.322 e. The number of pyridine rings is 1. The third-order valence-electron chi connectivity index (χ3n) is 4.79. The first-order valence-corrected chi connectivity index (χ1v) is 9.51. The minimum atomic E-state index is -0.966. The quantitative estimate of drug-likeness (QED) is 0.600. The zero-order chi connectivity index (χ0) is 22.0. The van der Waals surface area contributed by atoms with Crippen LogP contribution in [0.2, 0.25) is 0 Å². The molecule has 158 valence electrons. The lowest BCUT2D eigenvalue weighted by molar-refractivity contribution is 0.184. The first kappa shape index (κ1) is 21.4. The van der Waals surface area contributed by atoms with Gasteiger partial charge < -0.3 is 15.2 Å². The van der Waals surface area contributed by atoms with E-state index < -0.39 is 35.1 Å². The van der Waals surface area contributed by atoms with Crippen LogP contribution in [0.15, 0.2) is 47.4 Å². The molecule has 2 amide bonds. The number of carbonyl (C=O) groups is 1. The number of nitrogens with one attached hydrogen (secondary N) is 2. The van der Waals surface area contributed by atoms with Crippen LogP contribution in [-0.4, -0.2) is 22.5 Å². The second-order valence-electron chi connectivity index (χ2n) is 7.54. The van der Waals surface area contributed by atoms with Crippen LogP contribution >= 0.6 is 0 Å². The van der Waals surface area contributed by atoms with Crippen LogP contribution in [-0.2, 0) is 0 Å². The van der Waals surface area contributed by atoms with E-state index in [1.807, 2.05) is 13.8 Å². The molecule has 0 spiro atoms. The highest BCUT2D eigenvalue weighted by Gasteiger charge is 2.25. The monoisotopic (exact) mass is 417 g/mol. The zero-order valence-corrected chi connectivity index (χ0v) is 16.8. The molecular formula is C22H22F3N3O2. The van der Waals surface area contributed by atoms with E-state index in [9.17, 15) is 22.8 Å². The Balaban J connectivity index is 2.02. The molecule has 0 fully saturated rings. The number of hydrogen-bond donors (Lipinski definition) is 2. The molecule has 1 aromatic heterocycles. The number of aromatic nitrogens is 1. The molecule has 2 aromatic carbocycles. The van der Waals surface area contributed by atoms with Crippen LogP contribution in [0, 0.1) is 23.4 Å². The largest absolute Gasteiger partial charge is 0.328 e. The molecule has 5 nitrogen and oxygen atoms in total. The number of carbonyl (C=O) groups excluding carboxylic acids is 1. The van der Waals surface area contributed by atoms with Crippen molar-refractivity contribution in [3.63, 3.8) is 0 Å². The maximum Gasteiger partial charge on any atom is 0.322 e. The van der Waals surface area contributed by atoms with Gasteiger partial charge in [0.1, 0.15) is 17.5 Å². The van der Waals surface area contributed by atoms with Crippen molar-refractivity contribution in [1.29, 1.82) is 0 Å². The predicted octanol–water partition coefficient (Wildman–Crippen LogP) is 5.20. The van der Waals surface area contributed by atoms with Crippen molar-refractivity contribution in [2.75, 3.05) is 11.9 Å². The number of anilines is 1. The summed E-state index contributed by atoms with van der Waals surface area (Å²) < 4.78 is 41.3. The third kappa shape index (κ3) is 4.48. The summed E-state index contributed by atoms with van der Waals surface area (Å²) in [5, 5.41) is 2.55. The van der Waals surface area contributed by atoms with E-state index in [0.717, 1.165) is 6.07 Å². The topological polar surface area (TPSA) is 65.2 Å². The van der Waals surface area contributed by atoms with Crippen molar-refractivity contribution in [1.82, 2.24) is 9.88 Å². The fourth-order valence-corrected chi connectivity index (χ4v) is 3.38. The Hall–Kier alpha value is -3.29. The van der Waals surface area contributed by atoms with Gasteiger partial charge in [-0.25, -0.2) is 18.0 Å². The maximum absolute atomic E-state index is 14.3. The molecule has 0 saturated carbocycles. The number of amides is 2. The Morgan fingerprint density at radius 1 is 1.07 bits per heavy atom. The Morgan fingerprint density at radius 2 is 1.73 bits per heavy atom. The summed E-state index contributed by atoms with van der Waals surface area (Å²) in [5.41, 5.74) is 0.133. The molecule has 0 aliphatic carbocycles. The Kier molecular flexibility index (Phi) is 6.14. The number of rotatable bonds is 5. The number of H-pyrrole nitrogens is 1. The lowest BCUT2D eigenvalue weighted by atomic mass is 10.00. The van der Waals surface area contributed by atoms with Crippen molar-refractivity contribution >= 4 is 22.5 Å². The lowest BCUT2D eigenvalue weighted by Gasteiger charge is -2.31. The van der Waals surface area contributed by atoms with Gasteiger partial charge in [-0.1, -0.05) is 13.8 Å². The number of aromatic amines is 1. The Labute approximate surface area is 171 Å². The highest BCUT2D eigenvalue weighted by Crippen LogP contribution is 2.29. The molecule has 1 heterocycles. The Morgan fingerprint density at radius 3 is 2.37 bits per heavy atom. The summed E-state index contributed by atoms with van der Waals surface area (Å²) >= 11 is 0. The molecule has 1 unspecified atom stereocenters. The Bertz CT molecular complexity index is 1130. The average molecular weight is 417 g/mol. The van der Waals surface area contributed by atoms with E-state index in [2.05, 4.69) is 10.3 Å². The fraction of sp³-hybridized carbons (Fsp3) is 0.273.